The molecule has 0 aliphatic heterocycles. The molecule has 0 fully saturated rings. The van der Waals surface area contributed by atoms with Crippen molar-refractivity contribution in [3.63, 3.8) is 0 Å². The Labute approximate surface area is 108 Å². The molecular weight excluding hydrogens is 319 g/mol. The highest BCUT2D eigenvalue weighted by molar-refractivity contribution is 9.10. The molecule has 17 heavy (non-hydrogen) atoms. The summed E-state index contributed by atoms with van der Waals surface area (Å²) in [6.07, 6.45) is 0. The number of carboxylic acid groups (broad SMARTS) is 1. The van der Waals surface area contributed by atoms with Gasteiger partial charge in [0.2, 0.25) is 5.75 Å². The van der Waals surface area contributed by atoms with Gasteiger partial charge >= 0.3 is 11.7 Å². The third kappa shape index (κ3) is 2.48. The normalized spacial score (nSPS) is 12.2. The van der Waals surface area contributed by atoms with E-state index in [1.807, 2.05) is 0 Å². The third-order valence-electron chi connectivity index (χ3n) is 1.98. The first-order chi connectivity index (χ1) is 7.77. The van der Waals surface area contributed by atoms with Crippen LogP contribution in [0.5, 0.6) is 5.75 Å². The molecule has 4 N–H and O–H groups in total. The van der Waals surface area contributed by atoms with E-state index in [1.165, 1.54) is 0 Å². The number of benzene rings is 1. The number of aliphatic carboxylic acids is 1. The van der Waals surface area contributed by atoms with Crippen molar-refractivity contribution in [3.8, 4) is 5.75 Å². The Morgan fingerprint density at radius 3 is 2.59 bits per heavy atom. The molecule has 0 spiro atoms. The molecule has 0 unspecified atom stereocenters. The van der Waals surface area contributed by atoms with Crippen LogP contribution in [0.25, 0.3) is 0 Å². The quantitative estimate of drug-likeness (QED) is 0.574. The number of aromatic hydroxyl groups is 1. The number of carbonyl (C=O) groups is 1. The Kier molecular flexibility index (Phi) is 3.91. The highest BCUT2D eigenvalue weighted by atomic mass is 79.9. The van der Waals surface area contributed by atoms with E-state index in [2.05, 4.69) is 15.9 Å². The summed E-state index contributed by atoms with van der Waals surface area (Å²) in [5.74, 6) is -2.28. The van der Waals surface area contributed by atoms with E-state index in [4.69, 9.17) is 22.4 Å². The molecule has 0 aliphatic rings. The Morgan fingerprint density at radius 1 is 1.65 bits per heavy atom. The van der Waals surface area contributed by atoms with E-state index in [0.717, 1.165) is 6.07 Å². The molecule has 0 radical (unpaired) electrons. The molecule has 0 amide bonds. The van der Waals surface area contributed by atoms with Gasteiger partial charge in [-0.3, -0.25) is 14.9 Å². The molecule has 9 heteroatoms. The van der Waals surface area contributed by atoms with Gasteiger partial charge in [-0.05, 0) is 22.0 Å². The van der Waals surface area contributed by atoms with Crippen LogP contribution in [0, 0.1) is 10.1 Å². The predicted molar refractivity (Wildman–Crippen MR) is 62.0 cm³/mol. The van der Waals surface area contributed by atoms with Crippen LogP contribution in [-0.2, 0) is 4.79 Å². The van der Waals surface area contributed by atoms with Gasteiger partial charge < -0.3 is 15.9 Å². The lowest BCUT2D eigenvalue weighted by atomic mass is 10.1. The Morgan fingerprint density at radius 2 is 2.18 bits per heavy atom. The van der Waals surface area contributed by atoms with Gasteiger partial charge in [-0.2, -0.15) is 0 Å². The van der Waals surface area contributed by atoms with Crippen LogP contribution in [0.4, 0.5) is 5.69 Å². The van der Waals surface area contributed by atoms with Crippen LogP contribution in [0.1, 0.15) is 11.6 Å². The maximum Gasteiger partial charge on any atom is 0.330 e. The zero-order chi connectivity index (χ0) is 13.3. The number of phenols is 1. The molecule has 0 saturated heterocycles. The maximum absolute atomic E-state index is 10.7. The Bertz CT molecular complexity index is 507. The van der Waals surface area contributed by atoms with Crippen LogP contribution in [0.3, 0.4) is 0 Å². The van der Waals surface area contributed by atoms with Gasteiger partial charge in [-0.25, -0.2) is 0 Å². The molecule has 0 aromatic heterocycles. The fourth-order valence-corrected chi connectivity index (χ4v) is 1.81. The highest BCUT2D eigenvalue weighted by Crippen LogP contribution is 2.43. The lowest BCUT2D eigenvalue weighted by molar-refractivity contribution is -0.385. The highest BCUT2D eigenvalue weighted by Gasteiger charge is 2.29. The summed E-state index contributed by atoms with van der Waals surface area (Å²) in [4.78, 5) is 20.5. The van der Waals surface area contributed by atoms with E-state index in [-0.39, 0.29) is 15.1 Å². The van der Waals surface area contributed by atoms with E-state index in [0.29, 0.717) is 0 Å². The number of nitro benzene ring substituents is 1. The maximum atomic E-state index is 10.7. The second-order valence-electron chi connectivity index (χ2n) is 3.03. The molecule has 1 rings (SSSR count). The largest absolute Gasteiger partial charge is 0.502 e. The summed E-state index contributed by atoms with van der Waals surface area (Å²) in [6, 6.07) is -0.453. The van der Waals surface area contributed by atoms with Crippen LogP contribution in [-0.4, -0.2) is 21.1 Å². The number of hydrogen-bond acceptors (Lipinski definition) is 5. The average Bonchev–Trinajstić information content (AvgIpc) is 2.22. The molecular formula is C8H6BrClN2O5. The molecule has 1 aromatic carbocycles. The zero-order valence-electron chi connectivity index (χ0n) is 8.05. The lowest BCUT2D eigenvalue weighted by Gasteiger charge is -2.11. The van der Waals surface area contributed by atoms with Gasteiger partial charge in [-0.1, -0.05) is 11.6 Å². The third-order valence-corrected chi connectivity index (χ3v) is 3.22. The first-order valence-electron chi connectivity index (χ1n) is 4.11. The summed E-state index contributed by atoms with van der Waals surface area (Å²) in [5, 5.41) is 28.7. The molecule has 0 aliphatic carbocycles. The van der Waals surface area contributed by atoms with Crippen molar-refractivity contribution in [2.45, 2.75) is 6.04 Å². The topological polar surface area (TPSA) is 127 Å². The van der Waals surface area contributed by atoms with E-state index < -0.39 is 28.4 Å². The smallest absolute Gasteiger partial charge is 0.330 e. The zero-order valence-corrected chi connectivity index (χ0v) is 10.4. The van der Waals surface area contributed by atoms with Crippen LogP contribution in [0.15, 0.2) is 10.5 Å². The monoisotopic (exact) mass is 324 g/mol. The minimum absolute atomic E-state index is 0.0790. The fraction of sp³-hybridized carbons (Fsp3) is 0.125. The molecule has 0 bridgehead atoms. The number of nitro groups is 1. The second-order valence-corrected chi connectivity index (χ2v) is 4.26. The number of rotatable bonds is 3. The lowest BCUT2D eigenvalue weighted by Crippen LogP contribution is -2.21. The van der Waals surface area contributed by atoms with Crippen LogP contribution in [0.2, 0.25) is 5.02 Å². The van der Waals surface area contributed by atoms with Gasteiger partial charge in [0.05, 0.1) is 4.92 Å². The predicted octanol–water partition coefficient (Wildman–Crippen LogP) is 1.80. The van der Waals surface area contributed by atoms with Crippen molar-refractivity contribution >= 4 is 39.2 Å². The molecule has 92 valence electrons. The first kappa shape index (κ1) is 13.7. The summed E-state index contributed by atoms with van der Waals surface area (Å²) in [5.41, 5.74) is 4.20. The van der Waals surface area contributed by atoms with Gasteiger partial charge in [0.25, 0.3) is 0 Å². The van der Waals surface area contributed by atoms with Crippen molar-refractivity contribution in [1.29, 1.82) is 0 Å². The number of nitrogens with zero attached hydrogens (tertiary/aromatic N) is 1. The van der Waals surface area contributed by atoms with Gasteiger partial charge in [-0.15, -0.1) is 0 Å². The van der Waals surface area contributed by atoms with E-state index in [9.17, 15) is 20.0 Å². The van der Waals surface area contributed by atoms with Crippen molar-refractivity contribution in [1.82, 2.24) is 0 Å². The van der Waals surface area contributed by atoms with E-state index >= 15 is 0 Å². The molecule has 0 saturated carbocycles. The van der Waals surface area contributed by atoms with E-state index in [1.54, 1.807) is 0 Å². The van der Waals surface area contributed by atoms with Crippen LogP contribution >= 0.6 is 27.5 Å². The Balaban J connectivity index is 3.55. The molecule has 0 heterocycles. The summed E-state index contributed by atoms with van der Waals surface area (Å²) < 4.78 is 0.0790. The molecule has 1 atom stereocenters. The van der Waals surface area contributed by atoms with Crippen molar-refractivity contribution in [2.75, 3.05) is 0 Å². The van der Waals surface area contributed by atoms with Gasteiger partial charge in [0, 0.05) is 10.0 Å². The first-order valence-corrected chi connectivity index (χ1v) is 5.28. The standard InChI is InChI=1S/C8H6BrClN2O5/c9-3-1-2(5(11)8(14)15)7(13)6(4(3)10)12(16)17/h1,5,13H,11H2,(H,14,15)/t5-/m0/s1. The fourth-order valence-electron chi connectivity index (χ4n) is 1.16. The number of hydrogen-bond donors (Lipinski definition) is 3. The second kappa shape index (κ2) is 4.86. The van der Waals surface area contributed by atoms with Crippen molar-refractivity contribution < 1.29 is 19.9 Å². The van der Waals surface area contributed by atoms with Gasteiger partial charge in [0.15, 0.2) is 0 Å². The van der Waals surface area contributed by atoms with Crippen molar-refractivity contribution in [2.24, 2.45) is 5.73 Å². The number of nitrogens with two attached hydrogens (primary N) is 1. The van der Waals surface area contributed by atoms with Crippen LogP contribution < -0.4 is 5.73 Å². The van der Waals surface area contributed by atoms with Crippen molar-refractivity contribution in [3.05, 3.63) is 31.2 Å². The number of phenolic OH excluding ortho intramolecular Hbond substituents is 1. The number of halogens is 2. The molecule has 7 nitrogen and oxygen atoms in total. The number of carboxylic acids is 1. The minimum Gasteiger partial charge on any atom is -0.502 e. The Hall–Kier alpha value is -1.38. The average molecular weight is 326 g/mol. The summed E-state index contributed by atoms with van der Waals surface area (Å²) in [6.45, 7) is 0. The minimum atomic E-state index is -1.58. The molecule has 1 aromatic rings. The van der Waals surface area contributed by atoms with Gasteiger partial charge in [0.1, 0.15) is 11.1 Å². The summed E-state index contributed by atoms with van der Waals surface area (Å²) in [7, 11) is 0. The summed E-state index contributed by atoms with van der Waals surface area (Å²) >= 11 is 8.53. The SMILES string of the molecule is N[C@H](C(=O)O)c1cc(Br)c(Cl)c([N+](=O)[O-])c1O.